The highest BCUT2D eigenvalue weighted by Crippen LogP contribution is 2.33. The fourth-order valence-corrected chi connectivity index (χ4v) is 3.79. The van der Waals surface area contributed by atoms with Crippen LogP contribution >= 0.6 is 0 Å². The van der Waals surface area contributed by atoms with Gasteiger partial charge in [-0.3, -0.25) is 4.79 Å². The molecule has 7 nitrogen and oxygen atoms in total. The van der Waals surface area contributed by atoms with E-state index in [1.165, 1.54) is 18.7 Å². The Morgan fingerprint density at radius 3 is 2.67 bits per heavy atom. The number of carbonyl (C=O) groups is 2. The van der Waals surface area contributed by atoms with Crippen molar-refractivity contribution in [3.8, 4) is 0 Å². The predicted octanol–water partition coefficient (Wildman–Crippen LogP) is 1.02. The van der Waals surface area contributed by atoms with Gasteiger partial charge in [-0.25, -0.2) is 9.78 Å². The highest BCUT2D eigenvalue weighted by atomic mass is 16.2. The van der Waals surface area contributed by atoms with Crippen molar-refractivity contribution in [1.82, 2.24) is 24.7 Å². The molecule has 1 aromatic rings. The maximum atomic E-state index is 12.6. The third-order valence-electron chi connectivity index (χ3n) is 5.47. The molecule has 1 atom stereocenters. The zero-order valence-corrected chi connectivity index (χ0v) is 14.1. The molecular weight excluding hydrogens is 306 g/mol. The third kappa shape index (κ3) is 2.99. The monoisotopic (exact) mass is 331 g/mol. The van der Waals surface area contributed by atoms with Gasteiger partial charge in [-0.15, -0.1) is 0 Å². The zero-order valence-electron chi connectivity index (χ0n) is 14.1. The maximum Gasteiger partial charge on any atom is 0.317 e. The quantitative estimate of drug-likeness (QED) is 0.895. The van der Waals surface area contributed by atoms with E-state index in [1.807, 2.05) is 11.1 Å². The van der Waals surface area contributed by atoms with E-state index in [4.69, 9.17) is 0 Å². The molecular formula is C17H25N5O2. The van der Waals surface area contributed by atoms with Crippen molar-refractivity contribution in [1.29, 1.82) is 0 Å². The van der Waals surface area contributed by atoms with Crippen molar-refractivity contribution in [2.45, 2.75) is 44.2 Å². The Morgan fingerprint density at radius 2 is 2.04 bits per heavy atom. The smallest absolute Gasteiger partial charge is 0.317 e. The maximum absolute atomic E-state index is 12.6. The number of rotatable bonds is 4. The summed E-state index contributed by atoms with van der Waals surface area (Å²) < 4.78 is 2.31. The van der Waals surface area contributed by atoms with Gasteiger partial charge in [-0.05, 0) is 31.6 Å². The van der Waals surface area contributed by atoms with Crippen LogP contribution in [0.3, 0.4) is 0 Å². The molecule has 0 bridgehead atoms. The fourth-order valence-electron chi connectivity index (χ4n) is 3.79. The minimum Gasteiger partial charge on any atom is -0.341 e. The molecule has 3 amide bonds. The number of hydrogen-bond acceptors (Lipinski definition) is 3. The Kier molecular flexibility index (Phi) is 3.94. The first kappa shape index (κ1) is 15.5. The van der Waals surface area contributed by atoms with Gasteiger partial charge >= 0.3 is 6.03 Å². The van der Waals surface area contributed by atoms with Gasteiger partial charge in [0.15, 0.2) is 0 Å². The number of urea groups is 1. The Labute approximate surface area is 142 Å². The first-order valence-electron chi connectivity index (χ1n) is 8.93. The van der Waals surface area contributed by atoms with E-state index < -0.39 is 6.04 Å². The lowest BCUT2D eigenvalue weighted by atomic mass is 9.95. The summed E-state index contributed by atoms with van der Waals surface area (Å²) in [6, 6.07) is -0.554. The number of nitrogens with one attached hydrogen (secondary N) is 1. The van der Waals surface area contributed by atoms with Crippen molar-refractivity contribution in [3.63, 3.8) is 0 Å². The van der Waals surface area contributed by atoms with E-state index in [0.717, 1.165) is 38.4 Å². The van der Waals surface area contributed by atoms with Crippen LogP contribution in [0.2, 0.25) is 0 Å². The number of piperidine rings is 1. The molecule has 3 fully saturated rings. The molecule has 24 heavy (non-hydrogen) atoms. The molecule has 130 valence electrons. The van der Waals surface area contributed by atoms with Crippen LogP contribution in [0.25, 0.3) is 0 Å². The Bertz CT molecular complexity index is 631. The first-order chi connectivity index (χ1) is 11.6. The summed E-state index contributed by atoms with van der Waals surface area (Å²) in [7, 11) is 1.72. The van der Waals surface area contributed by atoms with Crippen LogP contribution in [0.5, 0.6) is 0 Å². The molecule has 1 saturated carbocycles. The summed E-state index contributed by atoms with van der Waals surface area (Å²) in [4.78, 5) is 32.2. The lowest BCUT2D eigenvalue weighted by Crippen LogP contribution is -2.48. The molecule has 3 aliphatic rings. The number of carbonyl (C=O) groups excluding carboxylic acids is 2. The SMILES string of the molecule is CN1C[C@H](C(=O)N2CCC(c3nccn3CC3CC3)CC2)NC1=O. The fraction of sp³-hybridized carbons (Fsp3) is 0.706. The molecule has 2 saturated heterocycles. The van der Waals surface area contributed by atoms with E-state index in [-0.39, 0.29) is 11.9 Å². The molecule has 1 aliphatic carbocycles. The molecule has 1 aromatic heterocycles. The van der Waals surface area contributed by atoms with Crippen molar-refractivity contribution in [3.05, 3.63) is 18.2 Å². The van der Waals surface area contributed by atoms with Gasteiger partial charge in [0.1, 0.15) is 11.9 Å². The average Bonchev–Trinajstić information content (AvgIpc) is 3.17. The molecule has 0 unspecified atom stereocenters. The summed E-state index contributed by atoms with van der Waals surface area (Å²) in [6.45, 7) is 3.05. The van der Waals surface area contributed by atoms with E-state index in [2.05, 4.69) is 21.1 Å². The zero-order chi connectivity index (χ0) is 16.7. The van der Waals surface area contributed by atoms with Gasteiger partial charge in [0, 0.05) is 45.0 Å². The Morgan fingerprint density at radius 1 is 1.29 bits per heavy atom. The summed E-state index contributed by atoms with van der Waals surface area (Å²) in [5.74, 6) is 2.50. The lowest BCUT2D eigenvalue weighted by molar-refractivity contribution is -0.133. The second-order valence-electron chi connectivity index (χ2n) is 7.36. The van der Waals surface area contributed by atoms with Crippen molar-refractivity contribution < 1.29 is 9.59 Å². The summed E-state index contributed by atoms with van der Waals surface area (Å²) >= 11 is 0. The van der Waals surface area contributed by atoms with Gasteiger partial charge in [-0.1, -0.05) is 0 Å². The van der Waals surface area contributed by atoms with E-state index in [1.54, 1.807) is 11.9 Å². The topological polar surface area (TPSA) is 70.5 Å². The van der Waals surface area contributed by atoms with Crippen LogP contribution in [-0.2, 0) is 11.3 Å². The molecule has 1 N–H and O–H groups in total. The number of nitrogens with zero attached hydrogens (tertiary/aromatic N) is 4. The molecule has 4 rings (SSSR count). The number of hydrogen-bond donors (Lipinski definition) is 1. The Balaban J connectivity index is 1.34. The highest BCUT2D eigenvalue weighted by molar-refractivity contribution is 5.90. The second kappa shape index (κ2) is 6.11. The van der Waals surface area contributed by atoms with Crippen LogP contribution in [0.4, 0.5) is 4.79 Å². The summed E-state index contributed by atoms with van der Waals surface area (Å²) in [6.07, 6.45) is 8.57. The highest BCUT2D eigenvalue weighted by Gasteiger charge is 2.36. The summed E-state index contributed by atoms with van der Waals surface area (Å²) in [5.41, 5.74) is 0. The van der Waals surface area contributed by atoms with Gasteiger partial charge < -0.3 is 19.7 Å². The number of likely N-dealkylation sites (N-methyl/N-ethyl adjacent to an activating group) is 1. The number of likely N-dealkylation sites (tertiary alicyclic amines) is 1. The van der Waals surface area contributed by atoms with Crippen LogP contribution in [0.15, 0.2) is 12.4 Å². The van der Waals surface area contributed by atoms with Crippen LogP contribution in [-0.4, -0.2) is 64.0 Å². The molecule has 0 radical (unpaired) electrons. The third-order valence-corrected chi connectivity index (χ3v) is 5.47. The van der Waals surface area contributed by atoms with Crippen LogP contribution in [0.1, 0.15) is 37.4 Å². The normalized spacial score (nSPS) is 25.2. The Hall–Kier alpha value is -2.05. The van der Waals surface area contributed by atoms with Gasteiger partial charge in [0.2, 0.25) is 5.91 Å². The lowest BCUT2D eigenvalue weighted by Gasteiger charge is -2.33. The minimum atomic E-state index is -0.393. The molecule has 3 heterocycles. The second-order valence-corrected chi connectivity index (χ2v) is 7.36. The standard InChI is InChI=1S/C17H25N5O2/c1-20-11-14(19-17(20)24)16(23)21-7-4-13(5-8-21)15-18-6-9-22(15)10-12-2-3-12/h6,9,12-14H,2-5,7-8,10-11H2,1H3,(H,19,24)/t14-/m1/s1. The molecule has 0 spiro atoms. The van der Waals surface area contributed by atoms with Crippen LogP contribution < -0.4 is 5.32 Å². The number of aromatic nitrogens is 2. The van der Waals surface area contributed by atoms with Crippen molar-refractivity contribution in [2.75, 3.05) is 26.7 Å². The van der Waals surface area contributed by atoms with E-state index in [0.29, 0.717) is 12.5 Å². The average molecular weight is 331 g/mol. The molecule has 0 aromatic carbocycles. The first-order valence-corrected chi connectivity index (χ1v) is 8.93. The number of imidazole rings is 1. The minimum absolute atomic E-state index is 0.0486. The van der Waals surface area contributed by atoms with Gasteiger partial charge in [0.05, 0.1) is 6.54 Å². The van der Waals surface area contributed by atoms with Crippen LogP contribution in [0, 0.1) is 5.92 Å². The van der Waals surface area contributed by atoms with E-state index in [9.17, 15) is 9.59 Å². The predicted molar refractivity (Wildman–Crippen MR) is 88.5 cm³/mol. The van der Waals surface area contributed by atoms with Crippen molar-refractivity contribution in [2.24, 2.45) is 5.92 Å². The van der Waals surface area contributed by atoms with E-state index >= 15 is 0 Å². The summed E-state index contributed by atoms with van der Waals surface area (Å²) in [5, 5.41) is 2.76. The molecule has 7 heteroatoms. The van der Waals surface area contributed by atoms with Gasteiger partial charge in [0.25, 0.3) is 0 Å². The van der Waals surface area contributed by atoms with Gasteiger partial charge in [-0.2, -0.15) is 0 Å². The van der Waals surface area contributed by atoms with Crippen molar-refractivity contribution >= 4 is 11.9 Å². The number of amides is 3. The largest absolute Gasteiger partial charge is 0.341 e. The molecule has 2 aliphatic heterocycles.